The zero-order valence-electron chi connectivity index (χ0n) is 3.03. The van der Waals surface area contributed by atoms with Gasteiger partial charge in [-0.15, -0.1) is 0 Å². The third-order valence-corrected chi connectivity index (χ3v) is 0.193. The van der Waals surface area contributed by atoms with Crippen LogP contribution in [-0.4, -0.2) is 18.0 Å². The van der Waals surface area contributed by atoms with E-state index in [1.165, 1.54) is 0 Å². The Hall–Kier alpha value is 0.109. The van der Waals surface area contributed by atoms with E-state index in [2.05, 4.69) is 0 Å². The molecule has 0 saturated carbocycles. The molecule has 0 aliphatic carbocycles. The fraction of sp³-hybridized carbons (Fsp3) is 0.500. The van der Waals surface area contributed by atoms with E-state index >= 15 is 0 Å². The maximum atomic E-state index is 7.66. The minimum atomic E-state index is 0. The van der Waals surface area contributed by atoms with Crippen molar-refractivity contribution in [2.24, 2.45) is 0 Å². The van der Waals surface area contributed by atoms with Crippen LogP contribution >= 0.6 is 0 Å². The van der Waals surface area contributed by atoms with Gasteiger partial charge in [0.25, 0.3) is 0 Å². The summed E-state index contributed by atoms with van der Waals surface area (Å²) < 4.78 is 0. The topological polar surface area (TPSA) is 56.1 Å². The van der Waals surface area contributed by atoms with Crippen molar-refractivity contribution in [3.8, 4) is 0 Å². The predicted molar refractivity (Wildman–Crippen MR) is 18.6 cm³/mol. The van der Waals surface area contributed by atoms with Gasteiger partial charge in [0.1, 0.15) is 0 Å². The van der Waals surface area contributed by atoms with Crippen LogP contribution in [0.25, 0.3) is 0 Å². The van der Waals surface area contributed by atoms with Gasteiger partial charge in [0.15, 0.2) is 0 Å². The fourth-order valence-corrected chi connectivity index (χ4v) is 0.0456. The molecule has 0 heterocycles. The third-order valence-electron chi connectivity index (χ3n) is 0.193. The van der Waals surface area contributed by atoms with Crippen LogP contribution in [-0.2, 0) is 17.1 Å². The minimum absolute atomic E-state index is 0. The van der Waals surface area contributed by atoms with E-state index in [9.17, 15) is 0 Å². The molecule has 0 aliphatic rings. The van der Waals surface area contributed by atoms with Gasteiger partial charge < -0.3 is 10.6 Å². The van der Waals surface area contributed by atoms with E-state index in [0.29, 0.717) is 0 Å². The van der Waals surface area contributed by atoms with Gasteiger partial charge in [-0.05, 0) is 0 Å². The molecule has 3 nitrogen and oxygen atoms in total. The number of nitrogens with one attached hydrogen (secondary N) is 2. The molecule has 41 valence electrons. The Morgan fingerprint density at radius 2 is 2.33 bits per heavy atom. The summed E-state index contributed by atoms with van der Waals surface area (Å²) in [6.07, 6.45) is 1.07. The average Bonchev–Trinajstić information content (AvgIpc) is 1.41. The summed E-state index contributed by atoms with van der Waals surface area (Å²) in [5.74, 6) is 0. The zero-order valence-corrected chi connectivity index (χ0v) is 3.97. The largest absolute Gasteiger partial charge is 0.316 e. The molecule has 0 amide bonds. The van der Waals surface area contributed by atoms with Crippen LogP contribution in [0, 0.1) is 5.41 Å². The molecule has 6 heavy (non-hydrogen) atoms. The van der Waals surface area contributed by atoms with Crippen LogP contribution < -0.4 is 5.48 Å². The summed E-state index contributed by atoms with van der Waals surface area (Å²) in [5.41, 5.74) is 1.77. The molecule has 0 unspecified atom stereocenters. The Balaban J connectivity index is 0. The molecule has 0 aromatic heterocycles. The van der Waals surface area contributed by atoms with E-state index in [4.69, 9.17) is 10.6 Å². The van der Waals surface area contributed by atoms with Crippen LogP contribution in [0.4, 0.5) is 0 Å². The van der Waals surface area contributed by atoms with Gasteiger partial charge >= 0.3 is 0 Å². The van der Waals surface area contributed by atoms with Gasteiger partial charge in [0.05, 0.1) is 6.54 Å². The molecular formula is C2H6CuN2O. The first-order valence-electron chi connectivity index (χ1n) is 1.27. The van der Waals surface area contributed by atoms with Gasteiger partial charge in [0, 0.05) is 23.3 Å². The van der Waals surface area contributed by atoms with Crippen molar-refractivity contribution in [2.75, 3.05) is 6.54 Å². The van der Waals surface area contributed by atoms with Crippen molar-refractivity contribution in [1.29, 1.82) is 5.41 Å². The van der Waals surface area contributed by atoms with Crippen molar-refractivity contribution in [3.05, 3.63) is 0 Å². The second-order valence-corrected chi connectivity index (χ2v) is 0.566. The van der Waals surface area contributed by atoms with Crippen molar-refractivity contribution in [1.82, 2.24) is 5.48 Å². The van der Waals surface area contributed by atoms with E-state index in [1.54, 1.807) is 5.48 Å². The van der Waals surface area contributed by atoms with Crippen LogP contribution in [0.15, 0.2) is 0 Å². The zero-order chi connectivity index (χ0) is 4.12. The second kappa shape index (κ2) is 8.92. The van der Waals surface area contributed by atoms with Crippen molar-refractivity contribution < 1.29 is 22.3 Å². The number of rotatable bonds is 2. The monoisotopic (exact) mass is 137 g/mol. The summed E-state index contributed by atoms with van der Waals surface area (Å²) in [5, 5.41) is 13.9. The first-order chi connectivity index (χ1) is 2.41. The first kappa shape index (κ1) is 9.44. The molecular weight excluding hydrogens is 132 g/mol. The van der Waals surface area contributed by atoms with E-state index in [0.717, 1.165) is 6.21 Å². The molecule has 0 rings (SSSR count). The minimum Gasteiger partial charge on any atom is -0.316 e. The van der Waals surface area contributed by atoms with Gasteiger partial charge in [0.2, 0.25) is 0 Å². The smallest absolute Gasteiger partial charge is 0.0554 e. The summed E-state index contributed by atoms with van der Waals surface area (Å²) in [4.78, 5) is 0. The number of hydroxylamine groups is 1. The van der Waals surface area contributed by atoms with Crippen LogP contribution in [0.2, 0.25) is 0 Å². The van der Waals surface area contributed by atoms with E-state index < -0.39 is 0 Å². The first-order valence-corrected chi connectivity index (χ1v) is 1.27. The second-order valence-electron chi connectivity index (χ2n) is 0.566. The summed E-state index contributed by atoms with van der Waals surface area (Å²) in [6, 6.07) is 0. The summed E-state index contributed by atoms with van der Waals surface area (Å²) in [7, 11) is 0. The Morgan fingerprint density at radius 1 is 1.83 bits per heavy atom. The molecule has 0 spiro atoms. The van der Waals surface area contributed by atoms with Crippen LogP contribution in [0.1, 0.15) is 0 Å². The molecule has 0 aromatic rings. The maximum Gasteiger partial charge on any atom is 0.0554 e. The van der Waals surface area contributed by atoms with Crippen molar-refractivity contribution >= 4 is 6.21 Å². The van der Waals surface area contributed by atoms with E-state index in [1.807, 2.05) is 0 Å². The molecule has 4 heteroatoms. The van der Waals surface area contributed by atoms with Crippen LogP contribution in [0.5, 0.6) is 0 Å². The van der Waals surface area contributed by atoms with Crippen molar-refractivity contribution in [3.63, 3.8) is 0 Å². The van der Waals surface area contributed by atoms with Crippen LogP contribution in [0.3, 0.4) is 0 Å². The molecule has 3 N–H and O–H groups in total. The van der Waals surface area contributed by atoms with E-state index in [-0.39, 0.29) is 23.6 Å². The Kier molecular flexibility index (Phi) is 14.0. The maximum absolute atomic E-state index is 7.66. The van der Waals surface area contributed by atoms with Gasteiger partial charge in [-0.1, -0.05) is 0 Å². The summed E-state index contributed by atoms with van der Waals surface area (Å²) in [6.45, 7) is 0.236. The van der Waals surface area contributed by atoms with Gasteiger partial charge in [-0.25, -0.2) is 5.48 Å². The molecule has 0 fully saturated rings. The molecule has 1 radical (unpaired) electrons. The van der Waals surface area contributed by atoms with Crippen molar-refractivity contribution in [2.45, 2.75) is 0 Å². The Bertz CT molecular complexity index is 32.7. The number of hydrogen-bond acceptors (Lipinski definition) is 3. The molecule has 0 saturated heterocycles. The SMILES string of the molecule is N=CCNO.[Cu]. The van der Waals surface area contributed by atoms with Gasteiger partial charge in [-0.3, -0.25) is 0 Å². The number of hydrogen-bond donors (Lipinski definition) is 3. The molecule has 0 atom stereocenters. The Morgan fingerprint density at radius 3 is 2.33 bits per heavy atom. The molecule has 0 aliphatic heterocycles. The third kappa shape index (κ3) is 8.93. The predicted octanol–water partition coefficient (Wildman–Crippen LogP) is -0.388. The Labute approximate surface area is 46.7 Å². The van der Waals surface area contributed by atoms with Gasteiger partial charge in [-0.2, -0.15) is 0 Å². The normalized spacial score (nSPS) is 6.17. The summed E-state index contributed by atoms with van der Waals surface area (Å²) >= 11 is 0. The average molecular weight is 138 g/mol. The fourth-order valence-electron chi connectivity index (χ4n) is 0.0456. The standard InChI is InChI=1S/C2H6N2O.Cu/c3-1-2-4-5;/h1,3-5H,2H2;. The molecule has 0 aromatic carbocycles. The molecule has 0 bridgehead atoms. The quantitative estimate of drug-likeness (QED) is 0.276.